The minimum absolute atomic E-state index is 0.0492. The molecule has 1 saturated carbocycles. The first-order chi connectivity index (χ1) is 11.3. The molecular weight excluding hydrogens is 373 g/mol. The van der Waals surface area contributed by atoms with E-state index in [1.54, 1.807) is 0 Å². The minimum atomic E-state index is -3.99. The minimum Gasteiger partial charge on any atom is -0.468 e. The van der Waals surface area contributed by atoms with Crippen LogP contribution < -0.4 is 4.72 Å². The van der Waals surface area contributed by atoms with E-state index in [1.807, 2.05) is 0 Å². The predicted octanol–water partition coefficient (Wildman–Crippen LogP) is 3.78. The summed E-state index contributed by atoms with van der Waals surface area (Å²) in [7, 11) is -2.74. The summed E-state index contributed by atoms with van der Waals surface area (Å²) in [6.45, 7) is 0. The van der Waals surface area contributed by atoms with E-state index in [2.05, 4.69) is 4.72 Å². The van der Waals surface area contributed by atoms with Gasteiger partial charge in [0.1, 0.15) is 10.9 Å². The van der Waals surface area contributed by atoms with Crippen LogP contribution in [0.4, 0.5) is 0 Å². The first kappa shape index (κ1) is 19.5. The molecule has 0 bridgehead atoms. The molecule has 1 aliphatic carbocycles. The Morgan fingerprint density at radius 2 is 1.96 bits per heavy atom. The number of carbonyl (C=O) groups is 1. The van der Waals surface area contributed by atoms with Gasteiger partial charge >= 0.3 is 5.97 Å². The number of hydrogen-bond donors (Lipinski definition) is 1. The van der Waals surface area contributed by atoms with Gasteiger partial charge in [-0.2, -0.15) is 4.72 Å². The summed E-state index contributed by atoms with van der Waals surface area (Å²) >= 11 is 11.8. The second-order valence-electron chi connectivity index (χ2n) is 6.01. The normalized spacial score (nSPS) is 17.5. The van der Waals surface area contributed by atoms with E-state index in [-0.39, 0.29) is 14.9 Å². The Bertz CT molecular complexity index is 687. The lowest BCUT2D eigenvalue weighted by Gasteiger charge is -2.25. The molecule has 24 heavy (non-hydrogen) atoms. The summed E-state index contributed by atoms with van der Waals surface area (Å²) in [6, 6.07) is 3.24. The van der Waals surface area contributed by atoms with Gasteiger partial charge in [0.25, 0.3) is 0 Å². The predicted molar refractivity (Wildman–Crippen MR) is 93.8 cm³/mol. The van der Waals surface area contributed by atoms with Crippen molar-refractivity contribution in [3.05, 3.63) is 28.2 Å². The van der Waals surface area contributed by atoms with E-state index in [9.17, 15) is 13.2 Å². The summed E-state index contributed by atoms with van der Waals surface area (Å²) in [5, 5.41) is 0.301. The number of benzene rings is 1. The molecular formula is C16H21Cl2NO4S. The van der Waals surface area contributed by atoms with Crippen molar-refractivity contribution in [1.29, 1.82) is 0 Å². The molecule has 5 nitrogen and oxygen atoms in total. The highest BCUT2D eigenvalue weighted by molar-refractivity contribution is 7.89. The van der Waals surface area contributed by atoms with Gasteiger partial charge < -0.3 is 4.74 Å². The molecule has 1 atom stereocenters. The van der Waals surface area contributed by atoms with Crippen LogP contribution in [0, 0.1) is 5.92 Å². The summed E-state index contributed by atoms with van der Waals surface area (Å²) in [6.07, 6.45) is 5.80. The van der Waals surface area contributed by atoms with Gasteiger partial charge in [-0.25, -0.2) is 8.42 Å². The van der Waals surface area contributed by atoms with Gasteiger partial charge in [0.2, 0.25) is 10.0 Å². The third-order valence-corrected chi connectivity index (χ3v) is 6.45. The quantitative estimate of drug-likeness (QED) is 0.746. The van der Waals surface area contributed by atoms with Gasteiger partial charge in [0.05, 0.1) is 12.1 Å². The highest BCUT2D eigenvalue weighted by atomic mass is 35.5. The number of rotatable bonds is 6. The van der Waals surface area contributed by atoms with E-state index >= 15 is 0 Å². The van der Waals surface area contributed by atoms with Crippen molar-refractivity contribution < 1.29 is 17.9 Å². The summed E-state index contributed by atoms with van der Waals surface area (Å²) in [5.41, 5.74) is 0. The fraction of sp³-hybridized carbons (Fsp3) is 0.562. The number of methoxy groups -OCH3 is 1. The summed E-state index contributed by atoms with van der Waals surface area (Å²) in [4.78, 5) is 11.9. The molecule has 0 amide bonds. The molecule has 2 rings (SSSR count). The molecule has 8 heteroatoms. The smallest absolute Gasteiger partial charge is 0.323 e. The number of hydrogen-bond acceptors (Lipinski definition) is 4. The third kappa shape index (κ3) is 5.09. The zero-order valence-corrected chi connectivity index (χ0v) is 15.8. The summed E-state index contributed by atoms with van der Waals surface area (Å²) in [5.74, 6) is -0.289. The van der Waals surface area contributed by atoms with Crippen LogP contribution in [0.2, 0.25) is 10.0 Å². The Balaban J connectivity index is 2.20. The Hall–Kier alpha value is -0.820. The van der Waals surface area contributed by atoms with Crippen LogP contribution in [-0.2, 0) is 19.6 Å². The van der Waals surface area contributed by atoms with Crippen molar-refractivity contribution in [2.45, 2.75) is 49.5 Å². The lowest BCUT2D eigenvalue weighted by molar-refractivity contribution is -0.143. The monoisotopic (exact) mass is 393 g/mol. The maximum atomic E-state index is 12.6. The van der Waals surface area contributed by atoms with Gasteiger partial charge in [-0.3, -0.25) is 4.79 Å². The van der Waals surface area contributed by atoms with Crippen molar-refractivity contribution in [3.63, 3.8) is 0 Å². The Morgan fingerprint density at radius 1 is 1.29 bits per heavy atom. The maximum absolute atomic E-state index is 12.6. The molecule has 1 unspecified atom stereocenters. The van der Waals surface area contributed by atoms with Crippen molar-refractivity contribution in [1.82, 2.24) is 4.72 Å². The van der Waals surface area contributed by atoms with Crippen molar-refractivity contribution in [3.8, 4) is 0 Å². The van der Waals surface area contributed by atoms with Crippen molar-refractivity contribution in [2.75, 3.05) is 7.11 Å². The molecule has 1 fully saturated rings. The van der Waals surface area contributed by atoms with Crippen LogP contribution in [0.15, 0.2) is 23.1 Å². The topological polar surface area (TPSA) is 72.5 Å². The molecule has 0 heterocycles. The van der Waals surface area contributed by atoms with E-state index in [4.69, 9.17) is 27.9 Å². The van der Waals surface area contributed by atoms with Crippen LogP contribution in [0.1, 0.15) is 38.5 Å². The molecule has 0 aliphatic heterocycles. The Kier molecular flexibility index (Phi) is 6.92. The lowest BCUT2D eigenvalue weighted by Crippen LogP contribution is -2.43. The first-order valence-electron chi connectivity index (χ1n) is 7.88. The van der Waals surface area contributed by atoms with Gasteiger partial charge in [-0.05, 0) is 30.5 Å². The number of carbonyl (C=O) groups excluding carboxylic acids is 1. The average molecular weight is 394 g/mol. The molecule has 134 valence electrons. The van der Waals surface area contributed by atoms with Gasteiger partial charge in [0, 0.05) is 5.02 Å². The van der Waals surface area contributed by atoms with E-state index < -0.39 is 22.0 Å². The fourth-order valence-electron chi connectivity index (χ4n) is 3.02. The van der Waals surface area contributed by atoms with E-state index in [0.29, 0.717) is 12.3 Å². The van der Waals surface area contributed by atoms with Crippen LogP contribution in [0.25, 0.3) is 0 Å². The maximum Gasteiger partial charge on any atom is 0.323 e. The highest BCUT2D eigenvalue weighted by Gasteiger charge is 2.30. The van der Waals surface area contributed by atoms with E-state index in [1.165, 1.54) is 31.7 Å². The molecule has 0 spiro atoms. The van der Waals surface area contributed by atoms with Crippen LogP contribution in [-0.4, -0.2) is 27.5 Å². The largest absolute Gasteiger partial charge is 0.468 e. The third-order valence-electron chi connectivity index (χ3n) is 4.26. The average Bonchev–Trinajstić information content (AvgIpc) is 2.56. The SMILES string of the molecule is COC(=O)C(CC1CCCCC1)NS(=O)(=O)c1cc(Cl)ccc1Cl. The van der Waals surface area contributed by atoms with Crippen LogP contribution >= 0.6 is 23.2 Å². The number of ether oxygens (including phenoxy) is 1. The second kappa shape index (κ2) is 8.52. The zero-order valence-electron chi connectivity index (χ0n) is 13.4. The van der Waals surface area contributed by atoms with Gasteiger partial charge in [-0.1, -0.05) is 55.3 Å². The fourth-order valence-corrected chi connectivity index (χ4v) is 4.98. The number of esters is 1. The number of nitrogens with one attached hydrogen (secondary N) is 1. The standard InChI is InChI=1S/C16H21Cl2NO4S/c1-23-16(20)14(9-11-5-3-2-4-6-11)19-24(21,22)15-10-12(17)7-8-13(15)18/h7-8,10-11,14,19H,2-6,9H2,1H3. The molecule has 1 aliphatic rings. The molecule has 0 aromatic heterocycles. The second-order valence-corrected chi connectivity index (χ2v) is 8.54. The zero-order chi connectivity index (χ0) is 17.7. The van der Waals surface area contributed by atoms with Crippen molar-refractivity contribution in [2.24, 2.45) is 5.92 Å². The molecule has 0 radical (unpaired) electrons. The van der Waals surface area contributed by atoms with Crippen LogP contribution in [0.5, 0.6) is 0 Å². The number of halogens is 2. The van der Waals surface area contributed by atoms with Crippen LogP contribution in [0.3, 0.4) is 0 Å². The highest BCUT2D eigenvalue weighted by Crippen LogP contribution is 2.29. The van der Waals surface area contributed by atoms with E-state index in [0.717, 1.165) is 25.7 Å². The molecule has 0 saturated heterocycles. The lowest BCUT2D eigenvalue weighted by atomic mass is 9.85. The molecule has 1 aromatic carbocycles. The van der Waals surface area contributed by atoms with Crippen molar-refractivity contribution >= 4 is 39.2 Å². The van der Waals surface area contributed by atoms with Gasteiger partial charge in [0.15, 0.2) is 0 Å². The Labute approximate surface area is 152 Å². The first-order valence-corrected chi connectivity index (χ1v) is 10.1. The number of sulfonamides is 1. The van der Waals surface area contributed by atoms with Gasteiger partial charge in [-0.15, -0.1) is 0 Å². The molecule has 1 aromatic rings. The summed E-state index contributed by atoms with van der Waals surface area (Å²) < 4.78 is 32.4. The molecule has 1 N–H and O–H groups in total. The Morgan fingerprint density at radius 3 is 2.58 bits per heavy atom.